The molecule has 2 fully saturated rings. The van der Waals surface area contributed by atoms with Gasteiger partial charge in [0.25, 0.3) is 5.91 Å². The van der Waals surface area contributed by atoms with Gasteiger partial charge < -0.3 is 4.90 Å². The Labute approximate surface area is 169 Å². The number of rotatable bonds is 4. The number of aromatic nitrogens is 3. The molecule has 2 saturated heterocycles. The number of halogens is 2. The molecule has 0 radical (unpaired) electrons. The van der Waals surface area contributed by atoms with Crippen LogP contribution in [0.25, 0.3) is 5.69 Å². The number of hydrogen-bond acceptors (Lipinski definition) is 4. The Morgan fingerprint density at radius 2 is 1.89 bits per heavy atom. The highest BCUT2D eigenvalue weighted by molar-refractivity contribution is 6.37. The first-order chi connectivity index (χ1) is 13.1. The van der Waals surface area contributed by atoms with Crippen molar-refractivity contribution in [3.05, 3.63) is 39.9 Å². The van der Waals surface area contributed by atoms with E-state index in [9.17, 15) is 4.79 Å². The van der Waals surface area contributed by atoms with Crippen LogP contribution < -0.4 is 0 Å². The Balaban J connectivity index is 1.58. The average Bonchev–Trinajstić information content (AvgIpc) is 3.40. The van der Waals surface area contributed by atoms with E-state index in [1.807, 2.05) is 11.8 Å². The lowest BCUT2D eigenvalue weighted by atomic mass is 10.2. The van der Waals surface area contributed by atoms with Crippen LogP contribution in [0.3, 0.4) is 0 Å². The van der Waals surface area contributed by atoms with Crippen LogP contribution in [0.2, 0.25) is 10.0 Å². The predicted octanol–water partition coefficient (Wildman–Crippen LogP) is 3.45. The summed E-state index contributed by atoms with van der Waals surface area (Å²) in [6.07, 6.45) is 4.16. The predicted molar refractivity (Wildman–Crippen MR) is 106 cm³/mol. The number of carbonyl (C=O) groups is 1. The van der Waals surface area contributed by atoms with Gasteiger partial charge in [-0.25, -0.2) is 9.67 Å². The van der Waals surface area contributed by atoms with Crippen LogP contribution in [-0.2, 0) is 6.42 Å². The molecule has 2 aliphatic rings. The molecular weight excluding hydrogens is 385 g/mol. The van der Waals surface area contributed by atoms with Crippen molar-refractivity contribution < 1.29 is 4.79 Å². The van der Waals surface area contributed by atoms with Crippen molar-refractivity contribution in [3.63, 3.8) is 0 Å². The molecule has 0 saturated carbocycles. The Kier molecular flexibility index (Phi) is 5.39. The van der Waals surface area contributed by atoms with Crippen molar-refractivity contribution in [1.82, 2.24) is 24.6 Å². The molecule has 2 aliphatic heterocycles. The molecule has 0 aliphatic carbocycles. The molecule has 0 bridgehead atoms. The topological polar surface area (TPSA) is 54.3 Å². The zero-order valence-corrected chi connectivity index (χ0v) is 16.9. The van der Waals surface area contributed by atoms with Gasteiger partial charge in [-0.15, -0.1) is 5.10 Å². The minimum Gasteiger partial charge on any atom is -0.334 e. The SMILES string of the molecule is CCc1nc(C(=O)N2CC[C@@H](N3CCCC3)C2)nn1-c1c(Cl)cccc1Cl. The third-order valence-electron chi connectivity index (χ3n) is 5.44. The number of hydrogen-bond donors (Lipinski definition) is 0. The van der Waals surface area contributed by atoms with Gasteiger partial charge >= 0.3 is 0 Å². The Morgan fingerprint density at radius 3 is 2.56 bits per heavy atom. The maximum Gasteiger partial charge on any atom is 0.293 e. The summed E-state index contributed by atoms with van der Waals surface area (Å²) < 4.78 is 1.60. The molecule has 6 nitrogen and oxygen atoms in total. The molecule has 3 heterocycles. The second kappa shape index (κ2) is 7.78. The van der Waals surface area contributed by atoms with Crippen LogP contribution in [0.1, 0.15) is 42.6 Å². The first-order valence-corrected chi connectivity index (χ1v) is 10.3. The van der Waals surface area contributed by atoms with Crippen LogP contribution >= 0.6 is 23.2 Å². The standard InChI is InChI=1S/C19H23Cl2N5O/c1-2-16-22-18(23-26(16)17-14(20)6-5-7-15(17)21)19(27)25-11-8-13(12-25)24-9-3-4-10-24/h5-7,13H,2-4,8-12H2,1H3/t13-/m1/s1. The first kappa shape index (κ1) is 18.7. The van der Waals surface area contributed by atoms with Gasteiger partial charge in [0.1, 0.15) is 11.5 Å². The molecule has 2 aromatic rings. The molecule has 1 aromatic heterocycles. The summed E-state index contributed by atoms with van der Waals surface area (Å²) in [5.41, 5.74) is 0.570. The Morgan fingerprint density at radius 1 is 1.19 bits per heavy atom. The maximum absolute atomic E-state index is 13.0. The van der Waals surface area contributed by atoms with Crippen LogP contribution in [-0.4, -0.2) is 62.7 Å². The normalized spacial score (nSPS) is 20.6. The summed E-state index contributed by atoms with van der Waals surface area (Å²) in [6, 6.07) is 5.76. The highest BCUT2D eigenvalue weighted by atomic mass is 35.5. The van der Waals surface area contributed by atoms with Crippen LogP contribution in [0, 0.1) is 0 Å². The minimum atomic E-state index is -0.117. The first-order valence-electron chi connectivity index (χ1n) is 9.52. The molecule has 0 N–H and O–H groups in total. The molecule has 1 aromatic carbocycles. The van der Waals surface area contributed by atoms with Crippen LogP contribution in [0.4, 0.5) is 0 Å². The zero-order valence-electron chi connectivity index (χ0n) is 15.4. The Hall–Kier alpha value is -1.63. The van der Waals surface area contributed by atoms with Gasteiger partial charge in [-0.3, -0.25) is 9.69 Å². The third-order valence-corrected chi connectivity index (χ3v) is 6.05. The molecule has 4 rings (SSSR count). The second-order valence-corrected chi connectivity index (χ2v) is 7.94. The molecule has 8 heteroatoms. The van der Waals surface area contributed by atoms with E-state index in [4.69, 9.17) is 23.2 Å². The number of benzene rings is 1. The summed E-state index contributed by atoms with van der Waals surface area (Å²) in [7, 11) is 0. The second-order valence-electron chi connectivity index (χ2n) is 7.12. The van der Waals surface area contributed by atoms with Crippen molar-refractivity contribution in [3.8, 4) is 5.69 Å². The fraction of sp³-hybridized carbons (Fsp3) is 0.526. The molecular formula is C19H23Cl2N5O. The van der Waals surface area contributed by atoms with Crippen LogP contribution in [0.5, 0.6) is 0 Å². The number of carbonyl (C=O) groups excluding carboxylic acids is 1. The van der Waals surface area contributed by atoms with Gasteiger partial charge in [-0.1, -0.05) is 36.2 Å². The zero-order chi connectivity index (χ0) is 19.0. The van der Waals surface area contributed by atoms with E-state index >= 15 is 0 Å². The lowest BCUT2D eigenvalue weighted by Crippen LogP contribution is -2.37. The molecule has 0 spiro atoms. The summed E-state index contributed by atoms with van der Waals surface area (Å²) in [4.78, 5) is 21.8. The lowest BCUT2D eigenvalue weighted by molar-refractivity contribution is 0.0768. The number of nitrogens with zero attached hydrogens (tertiary/aromatic N) is 5. The van der Waals surface area contributed by atoms with Crippen molar-refractivity contribution in [2.45, 2.75) is 38.6 Å². The van der Waals surface area contributed by atoms with Gasteiger partial charge in [0.15, 0.2) is 0 Å². The van der Waals surface area contributed by atoms with Crippen molar-refractivity contribution in [2.24, 2.45) is 0 Å². The minimum absolute atomic E-state index is 0.117. The fourth-order valence-electron chi connectivity index (χ4n) is 4.01. The van der Waals surface area contributed by atoms with E-state index in [0.29, 0.717) is 34.0 Å². The number of likely N-dealkylation sites (tertiary alicyclic amines) is 2. The van der Waals surface area contributed by atoms with Crippen LogP contribution in [0.15, 0.2) is 18.2 Å². The summed E-state index contributed by atoms with van der Waals surface area (Å²) in [6.45, 7) is 5.76. The molecule has 144 valence electrons. The van der Waals surface area contributed by atoms with Crippen molar-refractivity contribution >= 4 is 29.1 Å². The van der Waals surface area contributed by atoms with E-state index in [-0.39, 0.29) is 11.7 Å². The highest BCUT2D eigenvalue weighted by Crippen LogP contribution is 2.29. The summed E-state index contributed by atoms with van der Waals surface area (Å²) in [5.74, 6) is 0.766. The van der Waals surface area contributed by atoms with E-state index in [2.05, 4.69) is 15.0 Å². The summed E-state index contributed by atoms with van der Waals surface area (Å²) >= 11 is 12.7. The Bertz CT molecular complexity index is 826. The molecule has 1 atom stereocenters. The monoisotopic (exact) mass is 407 g/mol. The fourth-order valence-corrected chi connectivity index (χ4v) is 4.56. The number of para-hydroxylation sites is 1. The number of aryl methyl sites for hydroxylation is 1. The van der Waals surface area contributed by atoms with Gasteiger partial charge in [0.05, 0.1) is 10.0 Å². The quantitative estimate of drug-likeness (QED) is 0.778. The van der Waals surface area contributed by atoms with Gasteiger partial charge in [0.2, 0.25) is 5.82 Å². The lowest BCUT2D eigenvalue weighted by Gasteiger charge is -2.23. The smallest absolute Gasteiger partial charge is 0.293 e. The van der Waals surface area contributed by atoms with E-state index < -0.39 is 0 Å². The largest absolute Gasteiger partial charge is 0.334 e. The van der Waals surface area contributed by atoms with Gasteiger partial charge in [-0.2, -0.15) is 0 Å². The molecule has 27 heavy (non-hydrogen) atoms. The van der Waals surface area contributed by atoms with Gasteiger partial charge in [-0.05, 0) is 44.5 Å². The van der Waals surface area contributed by atoms with Gasteiger partial charge in [0, 0.05) is 25.6 Å². The maximum atomic E-state index is 13.0. The third kappa shape index (κ3) is 3.58. The molecule has 0 unspecified atom stereocenters. The number of amides is 1. The van der Waals surface area contributed by atoms with E-state index in [1.54, 1.807) is 22.9 Å². The van der Waals surface area contributed by atoms with E-state index in [1.165, 1.54) is 12.8 Å². The average molecular weight is 408 g/mol. The summed E-state index contributed by atoms with van der Waals surface area (Å²) in [5, 5.41) is 5.44. The highest BCUT2D eigenvalue weighted by Gasteiger charge is 2.33. The van der Waals surface area contributed by atoms with Crippen molar-refractivity contribution in [1.29, 1.82) is 0 Å². The van der Waals surface area contributed by atoms with Crippen molar-refractivity contribution in [2.75, 3.05) is 26.2 Å². The van der Waals surface area contributed by atoms with E-state index in [0.717, 1.165) is 32.6 Å². The molecule has 1 amide bonds.